The first-order valence-corrected chi connectivity index (χ1v) is 7.57. The van der Waals surface area contributed by atoms with Crippen LogP contribution in [0.5, 0.6) is 17.5 Å². The maximum Gasteiger partial charge on any atom is 0.321 e. The molecular weight excluding hydrogens is 334 g/mol. The number of rotatable bonds is 7. The highest BCUT2D eigenvalue weighted by molar-refractivity contribution is 5.61. The summed E-state index contributed by atoms with van der Waals surface area (Å²) in [5.74, 6) is 1.10. The van der Waals surface area contributed by atoms with E-state index in [0.29, 0.717) is 22.9 Å². The third-order valence-corrected chi connectivity index (χ3v) is 3.04. The van der Waals surface area contributed by atoms with E-state index in [2.05, 4.69) is 20.1 Å². The molecule has 2 N–H and O–H groups in total. The average molecular weight is 349 g/mol. The van der Waals surface area contributed by atoms with Crippen LogP contribution in [0, 0.1) is 0 Å². The van der Waals surface area contributed by atoms with Gasteiger partial charge in [0.05, 0.1) is 11.4 Å². The third kappa shape index (κ3) is 5.03. The zero-order valence-corrected chi connectivity index (χ0v) is 13.6. The predicted molar refractivity (Wildman–Crippen MR) is 97.8 cm³/mol. The number of nitrogen functional groups attached to an aromatic ring is 1. The maximum atomic E-state index is 5.73. The van der Waals surface area contributed by atoms with Gasteiger partial charge >= 0.3 is 6.01 Å². The van der Waals surface area contributed by atoms with E-state index in [1.165, 1.54) is 6.40 Å². The van der Waals surface area contributed by atoms with Crippen LogP contribution in [0.25, 0.3) is 0 Å². The van der Waals surface area contributed by atoms with Crippen molar-refractivity contribution < 1.29 is 14.3 Å². The standard InChI is InChI=1S/C18H15N5O3/c19-16-4-1-2-5-17(16)24-13-23-25-12-22-14-6-8-15(9-7-14)26-18-20-10-3-11-21-18/h1-13H,19H2/b22-12+,23-13+. The van der Waals surface area contributed by atoms with Crippen LogP contribution in [0.4, 0.5) is 11.4 Å². The number of anilines is 1. The molecule has 8 heteroatoms. The van der Waals surface area contributed by atoms with E-state index in [4.69, 9.17) is 20.0 Å². The number of hydrogen-bond acceptors (Lipinski definition) is 8. The largest absolute Gasteiger partial charge is 0.440 e. The first-order chi connectivity index (χ1) is 12.8. The van der Waals surface area contributed by atoms with Gasteiger partial charge in [-0.15, -0.1) is 0 Å². The number of aliphatic imine (C=N–C) groups is 1. The zero-order chi connectivity index (χ0) is 18.0. The number of oxime groups is 1. The van der Waals surface area contributed by atoms with E-state index >= 15 is 0 Å². The Balaban J connectivity index is 1.46. The van der Waals surface area contributed by atoms with Crippen LogP contribution in [-0.2, 0) is 4.84 Å². The molecule has 0 bridgehead atoms. The van der Waals surface area contributed by atoms with Gasteiger partial charge in [-0.3, -0.25) is 0 Å². The molecule has 0 aliphatic heterocycles. The van der Waals surface area contributed by atoms with Crippen LogP contribution in [0.2, 0.25) is 0 Å². The molecule has 0 saturated heterocycles. The smallest absolute Gasteiger partial charge is 0.321 e. The Labute approximate surface area is 149 Å². The molecule has 0 aliphatic rings. The van der Waals surface area contributed by atoms with Gasteiger partial charge in [0.15, 0.2) is 5.75 Å². The predicted octanol–water partition coefficient (Wildman–Crippen LogP) is 3.55. The second kappa shape index (κ2) is 8.78. The summed E-state index contributed by atoms with van der Waals surface area (Å²) in [5, 5.41) is 3.60. The lowest BCUT2D eigenvalue weighted by molar-refractivity contribution is 0.335. The normalized spacial score (nSPS) is 10.9. The molecule has 26 heavy (non-hydrogen) atoms. The molecule has 0 amide bonds. The van der Waals surface area contributed by atoms with E-state index < -0.39 is 0 Å². The third-order valence-electron chi connectivity index (χ3n) is 3.04. The van der Waals surface area contributed by atoms with Gasteiger partial charge in [0.2, 0.25) is 12.8 Å². The van der Waals surface area contributed by atoms with Gasteiger partial charge in [0, 0.05) is 12.4 Å². The summed E-state index contributed by atoms with van der Waals surface area (Å²) < 4.78 is 10.7. The molecule has 0 fully saturated rings. The summed E-state index contributed by atoms with van der Waals surface area (Å²) in [7, 11) is 0. The highest BCUT2D eigenvalue weighted by Crippen LogP contribution is 2.21. The fourth-order valence-electron chi connectivity index (χ4n) is 1.85. The Morgan fingerprint density at radius 1 is 0.885 bits per heavy atom. The van der Waals surface area contributed by atoms with Gasteiger partial charge in [-0.1, -0.05) is 12.1 Å². The number of benzene rings is 2. The Kier molecular flexibility index (Phi) is 5.71. The summed E-state index contributed by atoms with van der Waals surface area (Å²) in [6.45, 7) is 0. The van der Waals surface area contributed by atoms with Crippen molar-refractivity contribution >= 4 is 24.2 Å². The molecular formula is C18H15N5O3. The van der Waals surface area contributed by atoms with Crippen molar-refractivity contribution in [2.45, 2.75) is 0 Å². The van der Waals surface area contributed by atoms with Gasteiger partial charge in [0.25, 0.3) is 0 Å². The number of ether oxygens (including phenoxy) is 2. The van der Waals surface area contributed by atoms with Gasteiger partial charge in [-0.2, -0.15) is 0 Å². The molecule has 3 aromatic rings. The molecule has 3 rings (SSSR count). The monoisotopic (exact) mass is 349 g/mol. The Bertz CT molecular complexity index is 883. The summed E-state index contributed by atoms with van der Waals surface area (Å²) in [6, 6.07) is 16.0. The molecule has 130 valence electrons. The summed E-state index contributed by atoms with van der Waals surface area (Å²) >= 11 is 0. The Morgan fingerprint density at radius 3 is 2.42 bits per heavy atom. The highest BCUT2D eigenvalue weighted by Gasteiger charge is 1.99. The fraction of sp³-hybridized carbons (Fsp3) is 0. The van der Waals surface area contributed by atoms with Gasteiger partial charge in [0.1, 0.15) is 5.75 Å². The van der Waals surface area contributed by atoms with Crippen LogP contribution < -0.4 is 15.2 Å². The van der Waals surface area contributed by atoms with Crippen molar-refractivity contribution in [3.8, 4) is 17.5 Å². The lowest BCUT2D eigenvalue weighted by Gasteiger charge is -2.02. The Morgan fingerprint density at radius 2 is 1.65 bits per heavy atom. The molecule has 8 nitrogen and oxygen atoms in total. The van der Waals surface area contributed by atoms with Crippen molar-refractivity contribution in [2.24, 2.45) is 10.1 Å². The van der Waals surface area contributed by atoms with Gasteiger partial charge in [-0.25, -0.2) is 15.0 Å². The van der Waals surface area contributed by atoms with Crippen molar-refractivity contribution in [2.75, 3.05) is 5.73 Å². The van der Waals surface area contributed by atoms with Crippen molar-refractivity contribution in [1.82, 2.24) is 9.97 Å². The van der Waals surface area contributed by atoms with E-state index in [1.54, 1.807) is 60.9 Å². The molecule has 0 spiro atoms. The van der Waals surface area contributed by atoms with Crippen LogP contribution in [0.15, 0.2) is 77.1 Å². The topological polar surface area (TPSA) is 104 Å². The van der Waals surface area contributed by atoms with Crippen molar-refractivity contribution in [1.29, 1.82) is 0 Å². The minimum Gasteiger partial charge on any atom is -0.440 e. The zero-order valence-electron chi connectivity index (χ0n) is 13.6. The SMILES string of the molecule is Nc1ccccc1O/C=N/O/C=N/c1ccc(Oc2ncccn2)cc1. The number of para-hydroxylation sites is 2. The summed E-state index contributed by atoms with van der Waals surface area (Å²) in [6.07, 6.45) is 5.53. The molecule has 0 unspecified atom stereocenters. The van der Waals surface area contributed by atoms with Crippen LogP contribution >= 0.6 is 0 Å². The fourth-order valence-corrected chi connectivity index (χ4v) is 1.85. The summed E-state index contributed by atoms with van der Waals surface area (Å²) in [5.41, 5.74) is 6.90. The van der Waals surface area contributed by atoms with Gasteiger partial charge < -0.3 is 20.0 Å². The molecule has 0 radical (unpaired) electrons. The maximum absolute atomic E-state index is 5.73. The molecule has 0 aliphatic carbocycles. The van der Waals surface area contributed by atoms with E-state index in [-0.39, 0.29) is 6.01 Å². The minimum absolute atomic E-state index is 0.278. The first-order valence-electron chi connectivity index (χ1n) is 7.57. The molecule has 1 aromatic heterocycles. The summed E-state index contributed by atoms with van der Waals surface area (Å²) in [4.78, 5) is 16.9. The second-order valence-electron chi connectivity index (χ2n) is 4.83. The second-order valence-corrected chi connectivity index (χ2v) is 4.83. The van der Waals surface area contributed by atoms with Crippen molar-refractivity contribution in [3.63, 3.8) is 0 Å². The molecule has 1 heterocycles. The van der Waals surface area contributed by atoms with E-state index in [0.717, 1.165) is 6.40 Å². The van der Waals surface area contributed by atoms with Crippen LogP contribution in [0.3, 0.4) is 0 Å². The van der Waals surface area contributed by atoms with Crippen molar-refractivity contribution in [3.05, 3.63) is 67.0 Å². The van der Waals surface area contributed by atoms with E-state index in [9.17, 15) is 0 Å². The lowest BCUT2D eigenvalue weighted by atomic mass is 10.3. The Hall–Kier alpha value is -3.94. The average Bonchev–Trinajstić information content (AvgIpc) is 2.68. The van der Waals surface area contributed by atoms with Gasteiger partial charge in [-0.05, 0) is 47.6 Å². The van der Waals surface area contributed by atoms with Crippen LogP contribution in [-0.4, -0.2) is 22.8 Å². The van der Waals surface area contributed by atoms with E-state index in [1.807, 2.05) is 6.07 Å². The van der Waals surface area contributed by atoms with Crippen LogP contribution in [0.1, 0.15) is 0 Å². The number of nitrogens with two attached hydrogens (primary N) is 1. The molecule has 2 aromatic carbocycles. The highest BCUT2D eigenvalue weighted by atomic mass is 16.6. The number of aromatic nitrogens is 2. The number of nitrogens with zero attached hydrogens (tertiary/aromatic N) is 4. The molecule has 0 saturated carbocycles. The quantitative estimate of drug-likeness (QED) is 0.303. The number of hydrogen-bond donors (Lipinski definition) is 1. The first kappa shape index (κ1) is 16.9. The lowest BCUT2D eigenvalue weighted by Crippen LogP contribution is -1.95. The minimum atomic E-state index is 0.278. The molecule has 0 atom stereocenters.